The zero-order valence-corrected chi connectivity index (χ0v) is 13.2. The van der Waals surface area contributed by atoms with E-state index in [1.165, 1.54) is 6.07 Å². The van der Waals surface area contributed by atoms with Crippen molar-refractivity contribution in [1.29, 1.82) is 0 Å². The van der Waals surface area contributed by atoms with E-state index in [0.717, 1.165) is 31.5 Å². The first-order valence-electron chi connectivity index (χ1n) is 6.93. The van der Waals surface area contributed by atoms with Crippen LogP contribution in [0.25, 0.3) is 0 Å². The number of rotatable bonds is 4. The molecule has 0 saturated carbocycles. The van der Waals surface area contributed by atoms with Gasteiger partial charge in [-0.1, -0.05) is 6.07 Å². The molecule has 2 rings (SSSR count). The van der Waals surface area contributed by atoms with E-state index in [9.17, 15) is 9.18 Å². The Morgan fingerprint density at radius 2 is 2.35 bits per heavy atom. The molecule has 1 aliphatic heterocycles. The highest BCUT2D eigenvalue weighted by molar-refractivity contribution is 9.10. The average molecular weight is 344 g/mol. The Bertz CT molecular complexity index is 481. The third kappa shape index (κ3) is 4.03. The lowest BCUT2D eigenvalue weighted by Crippen LogP contribution is -2.38. The van der Waals surface area contributed by atoms with Gasteiger partial charge in [0.1, 0.15) is 5.82 Å². The van der Waals surface area contributed by atoms with E-state index >= 15 is 0 Å². The van der Waals surface area contributed by atoms with Gasteiger partial charge in [-0.05, 0) is 59.9 Å². The fourth-order valence-electron chi connectivity index (χ4n) is 2.55. The molecular formula is C15H19BrFNO2. The van der Waals surface area contributed by atoms with Crippen molar-refractivity contribution in [1.82, 2.24) is 4.90 Å². The Morgan fingerprint density at radius 1 is 1.55 bits per heavy atom. The number of ether oxygens (including phenoxy) is 1. The van der Waals surface area contributed by atoms with E-state index in [2.05, 4.69) is 20.8 Å². The van der Waals surface area contributed by atoms with Crippen LogP contribution in [0.2, 0.25) is 0 Å². The summed E-state index contributed by atoms with van der Waals surface area (Å²) in [5.41, 5.74) is 1.04. The molecule has 0 N–H and O–H groups in total. The maximum absolute atomic E-state index is 13.2. The number of halogens is 2. The second-order valence-corrected chi connectivity index (χ2v) is 5.93. The zero-order chi connectivity index (χ0) is 14.5. The lowest BCUT2D eigenvalue weighted by Gasteiger charge is -2.31. The molecule has 0 unspecified atom stereocenters. The summed E-state index contributed by atoms with van der Waals surface area (Å²) in [6.45, 7) is 4.67. The van der Waals surface area contributed by atoms with E-state index in [-0.39, 0.29) is 17.7 Å². The number of nitrogens with zero attached hydrogens (tertiary/aromatic N) is 1. The highest BCUT2D eigenvalue weighted by Crippen LogP contribution is 2.22. The quantitative estimate of drug-likeness (QED) is 0.785. The molecule has 1 saturated heterocycles. The number of esters is 1. The fraction of sp³-hybridized carbons (Fsp3) is 0.533. The van der Waals surface area contributed by atoms with Gasteiger partial charge in [0, 0.05) is 13.1 Å². The second kappa shape index (κ2) is 7.18. The normalized spacial score (nSPS) is 19.9. The molecule has 110 valence electrons. The van der Waals surface area contributed by atoms with Crippen LogP contribution in [0.4, 0.5) is 4.39 Å². The van der Waals surface area contributed by atoms with Crippen LogP contribution in [0.5, 0.6) is 0 Å². The largest absolute Gasteiger partial charge is 0.466 e. The van der Waals surface area contributed by atoms with Gasteiger partial charge in [0.2, 0.25) is 0 Å². The third-order valence-electron chi connectivity index (χ3n) is 3.52. The van der Waals surface area contributed by atoms with E-state index in [0.29, 0.717) is 17.6 Å². The molecule has 1 fully saturated rings. The fourth-order valence-corrected chi connectivity index (χ4v) is 2.97. The van der Waals surface area contributed by atoms with Crippen LogP contribution >= 0.6 is 15.9 Å². The second-order valence-electron chi connectivity index (χ2n) is 5.07. The molecule has 5 heteroatoms. The van der Waals surface area contributed by atoms with E-state index < -0.39 is 0 Å². The van der Waals surface area contributed by atoms with Crippen molar-refractivity contribution < 1.29 is 13.9 Å². The molecule has 1 aromatic carbocycles. The maximum atomic E-state index is 13.2. The molecule has 0 spiro atoms. The Kier molecular flexibility index (Phi) is 5.54. The summed E-state index contributed by atoms with van der Waals surface area (Å²) in [5, 5.41) is 0. The number of piperidine rings is 1. The minimum absolute atomic E-state index is 0.0346. The van der Waals surface area contributed by atoms with Crippen molar-refractivity contribution in [3.05, 3.63) is 34.1 Å². The molecule has 0 bridgehead atoms. The van der Waals surface area contributed by atoms with Gasteiger partial charge >= 0.3 is 5.97 Å². The van der Waals surface area contributed by atoms with Crippen LogP contribution in [-0.2, 0) is 16.1 Å². The summed E-state index contributed by atoms with van der Waals surface area (Å²) in [6.07, 6.45) is 1.88. The Labute approximate surface area is 127 Å². The number of carbonyl (C=O) groups excluding carboxylic acids is 1. The summed E-state index contributed by atoms with van der Waals surface area (Å²) in [6, 6.07) is 5.05. The number of benzene rings is 1. The van der Waals surface area contributed by atoms with Crippen molar-refractivity contribution >= 4 is 21.9 Å². The maximum Gasteiger partial charge on any atom is 0.310 e. The first-order valence-corrected chi connectivity index (χ1v) is 7.72. The van der Waals surface area contributed by atoms with Crippen LogP contribution in [-0.4, -0.2) is 30.6 Å². The summed E-state index contributed by atoms with van der Waals surface area (Å²) < 4.78 is 18.8. The van der Waals surface area contributed by atoms with Crippen LogP contribution in [0.15, 0.2) is 22.7 Å². The van der Waals surface area contributed by atoms with Gasteiger partial charge in [0.15, 0.2) is 0 Å². The summed E-state index contributed by atoms with van der Waals surface area (Å²) in [5.74, 6) is -0.387. The van der Waals surface area contributed by atoms with Crippen molar-refractivity contribution in [2.45, 2.75) is 26.3 Å². The van der Waals surface area contributed by atoms with E-state index in [1.807, 2.05) is 6.92 Å². The monoisotopic (exact) mass is 343 g/mol. The van der Waals surface area contributed by atoms with Gasteiger partial charge in [-0.15, -0.1) is 0 Å². The van der Waals surface area contributed by atoms with Gasteiger partial charge < -0.3 is 4.74 Å². The molecule has 3 nitrogen and oxygen atoms in total. The average Bonchev–Trinajstić information content (AvgIpc) is 2.43. The van der Waals surface area contributed by atoms with E-state index in [4.69, 9.17) is 4.74 Å². The standard InChI is InChI=1S/C15H19BrFNO2/c1-2-20-15(19)12-4-3-7-18(10-12)9-11-5-6-14(17)13(16)8-11/h5-6,8,12H,2-4,7,9-10H2,1H3/t12-/m1/s1. The number of hydrogen-bond acceptors (Lipinski definition) is 3. The Morgan fingerprint density at radius 3 is 3.05 bits per heavy atom. The van der Waals surface area contributed by atoms with Crippen LogP contribution in [0, 0.1) is 11.7 Å². The number of carbonyl (C=O) groups is 1. The summed E-state index contributed by atoms with van der Waals surface area (Å²) in [7, 11) is 0. The smallest absolute Gasteiger partial charge is 0.310 e. The van der Waals surface area contributed by atoms with Gasteiger partial charge in [-0.2, -0.15) is 0 Å². The minimum atomic E-state index is -0.253. The molecule has 1 atom stereocenters. The van der Waals surface area contributed by atoms with Gasteiger partial charge in [0.25, 0.3) is 0 Å². The highest BCUT2D eigenvalue weighted by atomic mass is 79.9. The molecule has 1 aromatic rings. The minimum Gasteiger partial charge on any atom is -0.466 e. The SMILES string of the molecule is CCOC(=O)[C@@H]1CCCN(Cc2ccc(F)c(Br)c2)C1. The first-order chi connectivity index (χ1) is 9.60. The summed E-state index contributed by atoms with van der Waals surface area (Å²) in [4.78, 5) is 14.0. The molecule has 0 amide bonds. The topological polar surface area (TPSA) is 29.5 Å². The summed E-state index contributed by atoms with van der Waals surface area (Å²) >= 11 is 3.20. The molecule has 0 aliphatic carbocycles. The van der Waals surface area contributed by atoms with Crippen molar-refractivity contribution in [3.8, 4) is 0 Å². The predicted octanol–water partition coefficient (Wildman–Crippen LogP) is 3.36. The van der Waals surface area contributed by atoms with Gasteiger partial charge in [0.05, 0.1) is 17.0 Å². The molecule has 20 heavy (non-hydrogen) atoms. The Hall–Kier alpha value is -0.940. The van der Waals surface area contributed by atoms with Crippen molar-refractivity contribution in [2.24, 2.45) is 5.92 Å². The van der Waals surface area contributed by atoms with Crippen LogP contribution in [0.1, 0.15) is 25.3 Å². The highest BCUT2D eigenvalue weighted by Gasteiger charge is 2.26. The van der Waals surface area contributed by atoms with Gasteiger partial charge in [-0.3, -0.25) is 9.69 Å². The van der Waals surface area contributed by atoms with Crippen LogP contribution in [0.3, 0.4) is 0 Å². The molecule has 0 radical (unpaired) electrons. The van der Waals surface area contributed by atoms with Crippen molar-refractivity contribution in [3.63, 3.8) is 0 Å². The van der Waals surface area contributed by atoms with Crippen molar-refractivity contribution in [2.75, 3.05) is 19.7 Å². The molecule has 0 aromatic heterocycles. The molecule has 1 heterocycles. The lowest BCUT2D eigenvalue weighted by atomic mass is 9.98. The third-order valence-corrected chi connectivity index (χ3v) is 4.12. The molecular weight excluding hydrogens is 325 g/mol. The van der Waals surface area contributed by atoms with Gasteiger partial charge in [-0.25, -0.2) is 4.39 Å². The lowest BCUT2D eigenvalue weighted by molar-refractivity contribution is -0.150. The number of likely N-dealkylation sites (tertiary alicyclic amines) is 1. The molecule has 1 aliphatic rings. The predicted molar refractivity (Wildman–Crippen MR) is 78.7 cm³/mol. The Balaban J connectivity index is 1.95. The van der Waals surface area contributed by atoms with Crippen LogP contribution < -0.4 is 0 Å². The first kappa shape index (κ1) is 15.4. The van der Waals surface area contributed by atoms with E-state index in [1.54, 1.807) is 12.1 Å². The number of hydrogen-bond donors (Lipinski definition) is 0. The zero-order valence-electron chi connectivity index (χ0n) is 11.6.